The maximum atomic E-state index is 12.7. The molecule has 2 atom stereocenters. The third-order valence-electron chi connectivity index (χ3n) is 4.63. The first-order valence-electron chi connectivity index (χ1n) is 7.86. The molecule has 0 saturated carbocycles. The van der Waals surface area contributed by atoms with Crippen molar-refractivity contribution in [2.24, 2.45) is 0 Å². The zero-order valence-corrected chi connectivity index (χ0v) is 14.8. The summed E-state index contributed by atoms with van der Waals surface area (Å²) >= 11 is 12.7. The molecule has 0 spiro atoms. The van der Waals surface area contributed by atoms with Crippen molar-refractivity contribution >= 4 is 46.8 Å². The minimum atomic E-state index is -0.563. The van der Waals surface area contributed by atoms with Crippen molar-refractivity contribution in [2.45, 2.75) is 18.5 Å². The molecule has 2 heterocycles. The zero-order chi connectivity index (χ0) is 17.7. The molecule has 2 aliphatic heterocycles. The number of benzene rings is 2. The van der Waals surface area contributed by atoms with Gasteiger partial charge in [-0.15, -0.1) is 0 Å². The van der Waals surface area contributed by atoms with Crippen LogP contribution in [0.4, 0.5) is 5.69 Å². The van der Waals surface area contributed by atoms with Crippen molar-refractivity contribution in [3.63, 3.8) is 0 Å². The van der Waals surface area contributed by atoms with E-state index in [1.165, 1.54) is 4.90 Å². The number of nitrogens with one attached hydrogen (secondary N) is 1. The summed E-state index contributed by atoms with van der Waals surface area (Å²) in [6, 6.07) is 11.9. The molecule has 0 aromatic heterocycles. The molecule has 2 aromatic rings. The van der Waals surface area contributed by atoms with Gasteiger partial charge in [0.25, 0.3) is 11.8 Å². The number of amides is 2. The molecule has 2 aromatic carbocycles. The zero-order valence-electron chi connectivity index (χ0n) is 13.3. The van der Waals surface area contributed by atoms with Gasteiger partial charge in [-0.05, 0) is 42.3 Å². The largest absolute Gasteiger partial charge is 0.364 e. The number of nitrogens with zero attached hydrogens (tertiary/aromatic N) is 1. The van der Waals surface area contributed by atoms with Gasteiger partial charge in [-0.3, -0.25) is 14.5 Å². The van der Waals surface area contributed by atoms with E-state index < -0.39 is 11.5 Å². The van der Waals surface area contributed by atoms with E-state index >= 15 is 0 Å². The van der Waals surface area contributed by atoms with Crippen molar-refractivity contribution < 1.29 is 9.59 Å². The van der Waals surface area contributed by atoms with Gasteiger partial charge in [0.05, 0.1) is 27.9 Å². The van der Waals surface area contributed by atoms with Crippen LogP contribution in [0.15, 0.2) is 48.0 Å². The Hall–Kier alpha value is -2.30. The van der Waals surface area contributed by atoms with Gasteiger partial charge in [0.2, 0.25) is 0 Å². The van der Waals surface area contributed by atoms with Gasteiger partial charge in [0.15, 0.2) is 0 Å². The number of alkyl halides is 1. The monoisotopic (exact) mass is 372 g/mol. The second-order valence-corrected chi connectivity index (χ2v) is 6.90. The summed E-state index contributed by atoms with van der Waals surface area (Å²) in [5, 5.41) is 3.73. The fraction of sp³-hybridized carbons (Fsp3) is 0.158. The van der Waals surface area contributed by atoms with Crippen molar-refractivity contribution in [3.05, 3.63) is 69.8 Å². The van der Waals surface area contributed by atoms with E-state index in [0.717, 1.165) is 16.8 Å². The average Bonchev–Trinajstić information content (AvgIpc) is 2.86. The van der Waals surface area contributed by atoms with Gasteiger partial charge in [-0.1, -0.05) is 47.5 Å². The number of hydrogen-bond acceptors (Lipinski definition) is 3. The van der Waals surface area contributed by atoms with Crippen LogP contribution >= 0.6 is 23.2 Å². The maximum absolute atomic E-state index is 12.7. The number of carbonyl (C=O) groups excluding carboxylic acids is 2. The summed E-state index contributed by atoms with van der Waals surface area (Å²) in [4.78, 5) is 26.6. The summed E-state index contributed by atoms with van der Waals surface area (Å²) in [5.74, 6) is -0.593. The van der Waals surface area contributed by atoms with Crippen LogP contribution in [0.2, 0.25) is 5.02 Å². The summed E-state index contributed by atoms with van der Waals surface area (Å²) in [5.41, 5.74) is 2.67. The summed E-state index contributed by atoms with van der Waals surface area (Å²) in [6.07, 6.45) is 1.89. The topological polar surface area (TPSA) is 49.4 Å². The molecule has 0 fully saturated rings. The van der Waals surface area contributed by atoms with E-state index in [1.54, 1.807) is 37.3 Å². The lowest BCUT2D eigenvalue weighted by Gasteiger charge is -2.32. The fourth-order valence-corrected chi connectivity index (χ4v) is 3.91. The second-order valence-electron chi connectivity index (χ2n) is 6.06. The van der Waals surface area contributed by atoms with E-state index in [2.05, 4.69) is 5.32 Å². The molecule has 0 saturated heterocycles. The minimum Gasteiger partial charge on any atom is -0.364 e. The first-order chi connectivity index (χ1) is 12.0. The number of carbonyl (C=O) groups is 2. The molecule has 2 amide bonds. The highest BCUT2D eigenvalue weighted by atomic mass is 35.5. The van der Waals surface area contributed by atoms with Crippen molar-refractivity contribution in [1.82, 2.24) is 4.90 Å². The molecule has 1 N–H and O–H groups in total. The molecule has 0 radical (unpaired) electrons. The molecule has 25 heavy (non-hydrogen) atoms. The van der Waals surface area contributed by atoms with E-state index in [9.17, 15) is 9.59 Å². The summed E-state index contributed by atoms with van der Waals surface area (Å²) < 4.78 is 0. The number of imide groups is 1. The first kappa shape index (κ1) is 16.2. The van der Waals surface area contributed by atoms with Gasteiger partial charge in [0.1, 0.15) is 5.50 Å². The van der Waals surface area contributed by atoms with E-state index in [-0.39, 0.29) is 11.8 Å². The van der Waals surface area contributed by atoms with Crippen LogP contribution in [-0.4, -0.2) is 28.3 Å². The van der Waals surface area contributed by atoms with Crippen LogP contribution in [0.3, 0.4) is 0 Å². The number of hydrogen-bond donors (Lipinski definition) is 1. The Morgan fingerprint density at radius 2 is 1.68 bits per heavy atom. The standard InChI is InChI=1S/C19H14Cl2N2O2/c1-10(23-18(24)12-6-2-3-7-13(12)19(23)25)14-9-11-5-4-8-15(20)16(11)22-17(14)21/h2-10,17,22H,1H3/t10-,17?/m0/s1. The molecular weight excluding hydrogens is 359 g/mol. The van der Waals surface area contributed by atoms with E-state index in [4.69, 9.17) is 23.2 Å². The van der Waals surface area contributed by atoms with Crippen molar-refractivity contribution in [3.8, 4) is 0 Å². The highest BCUT2D eigenvalue weighted by Gasteiger charge is 2.40. The highest BCUT2D eigenvalue weighted by molar-refractivity contribution is 6.34. The predicted molar refractivity (Wildman–Crippen MR) is 99.1 cm³/mol. The van der Waals surface area contributed by atoms with Crippen LogP contribution in [0, 0.1) is 0 Å². The fourth-order valence-electron chi connectivity index (χ4n) is 3.32. The molecule has 2 aliphatic rings. The van der Waals surface area contributed by atoms with Crippen LogP contribution in [0.5, 0.6) is 0 Å². The first-order valence-corrected chi connectivity index (χ1v) is 8.68. The lowest BCUT2D eigenvalue weighted by Crippen LogP contribution is -2.42. The number of fused-ring (bicyclic) bond motifs is 2. The molecule has 6 heteroatoms. The smallest absolute Gasteiger partial charge is 0.262 e. The Kier molecular flexibility index (Phi) is 3.82. The van der Waals surface area contributed by atoms with Crippen LogP contribution < -0.4 is 5.32 Å². The third-order valence-corrected chi connectivity index (χ3v) is 5.30. The third kappa shape index (κ3) is 2.44. The second kappa shape index (κ2) is 5.90. The molecular formula is C19H14Cl2N2O2. The Morgan fingerprint density at radius 3 is 2.32 bits per heavy atom. The average molecular weight is 373 g/mol. The van der Waals surface area contributed by atoms with Crippen LogP contribution in [-0.2, 0) is 0 Å². The van der Waals surface area contributed by atoms with Gasteiger partial charge < -0.3 is 5.32 Å². The Labute approximate surface area is 155 Å². The Bertz CT molecular complexity index is 904. The van der Waals surface area contributed by atoms with Crippen LogP contribution in [0.25, 0.3) is 6.08 Å². The lowest BCUT2D eigenvalue weighted by atomic mass is 9.98. The number of para-hydroxylation sites is 1. The highest BCUT2D eigenvalue weighted by Crippen LogP contribution is 2.37. The SMILES string of the molecule is C[C@@H](C1=Cc2cccc(Cl)c2NC1Cl)N1C(=O)c2ccccc2C1=O. The molecule has 1 unspecified atom stereocenters. The van der Waals surface area contributed by atoms with Crippen molar-refractivity contribution in [1.29, 1.82) is 0 Å². The van der Waals surface area contributed by atoms with Crippen molar-refractivity contribution in [2.75, 3.05) is 5.32 Å². The van der Waals surface area contributed by atoms with Gasteiger partial charge in [-0.2, -0.15) is 0 Å². The van der Waals surface area contributed by atoms with E-state index in [0.29, 0.717) is 16.1 Å². The quantitative estimate of drug-likeness (QED) is 0.482. The van der Waals surface area contributed by atoms with Gasteiger partial charge in [-0.25, -0.2) is 0 Å². The summed E-state index contributed by atoms with van der Waals surface area (Å²) in [6.45, 7) is 1.81. The number of rotatable bonds is 2. The van der Waals surface area contributed by atoms with E-state index in [1.807, 2.05) is 18.2 Å². The van der Waals surface area contributed by atoms with Gasteiger partial charge >= 0.3 is 0 Å². The van der Waals surface area contributed by atoms with Crippen LogP contribution in [0.1, 0.15) is 33.2 Å². The predicted octanol–water partition coefficient (Wildman–Crippen LogP) is 4.40. The Morgan fingerprint density at radius 1 is 1.04 bits per heavy atom. The maximum Gasteiger partial charge on any atom is 0.262 e. The Balaban J connectivity index is 1.74. The summed E-state index contributed by atoms with van der Waals surface area (Å²) in [7, 11) is 0. The molecule has 4 nitrogen and oxygen atoms in total. The molecule has 4 rings (SSSR count). The number of halogens is 2. The van der Waals surface area contributed by atoms with Gasteiger partial charge in [0, 0.05) is 0 Å². The molecule has 0 bridgehead atoms. The lowest BCUT2D eigenvalue weighted by molar-refractivity contribution is 0.0618. The molecule has 0 aliphatic carbocycles. The minimum absolute atomic E-state index is 0.297. The number of anilines is 1. The molecule has 126 valence electrons. The normalized spacial score (nSPS) is 19.9.